The minimum Gasteiger partial charge on any atom is -0.497 e. The van der Waals surface area contributed by atoms with Crippen molar-refractivity contribution >= 4 is 5.82 Å². The van der Waals surface area contributed by atoms with Crippen LogP contribution in [-0.4, -0.2) is 23.6 Å². The van der Waals surface area contributed by atoms with Crippen LogP contribution in [-0.2, 0) is 0 Å². The van der Waals surface area contributed by atoms with Gasteiger partial charge in [0.25, 0.3) is 0 Å². The number of methoxy groups -OCH3 is 1. The molecule has 0 bridgehead atoms. The smallest absolute Gasteiger partial charge is 0.129 e. The van der Waals surface area contributed by atoms with Crippen molar-refractivity contribution in [2.24, 2.45) is 0 Å². The van der Waals surface area contributed by atoms with Crippen LogP contribution in [0.25, 0.3) is 11.3 Å². The van der Waals surface area contributed by atoms with E-state index in [4.69, 9.17) is 4.74 Å². The molecule has 0 aliphatic rings. The third-order valence-corrected chi connectivity index (χ3v) is 2.41. The molecule has 1 aromatic heterocycles. The molecule has 0 unspecified atom stereocenters. The van der Waals surface area contributed by atoms with Crippen molar-refractivity contribution < 1.29 is 4.74 Å². The Bertz CT molecular complexity index is 482. The molecule has 1 N–H and O–H groups in total. The van der Waals surface area contributed by atoms with Crippen molar-refractivity contribution in [1.29, 1.82) is 0 Å². The molecule has 4 nitrogen and oxygen atoms in total. The summed E-state index contributed by atoms with van der Waals surface area (Å²) in [6.07, 6.45) is 1.57. The maximum Gasteiger partial charge on any atom is 0.129 e. The molecule has 1 aromatic carbocycles. The van der Waals surface area contributed by atoms with Crippen LogP contribution in [0.3, 0.4) is 0 Å². The zero-order valence-electron chi connectivity index (χ0n) is 9.97. The number of benzene rings is 1. The van der Waals surface area contributed by atoms with Crippen molar-refractivity contribution in [3.8, 4) is 17.0 Å². The third-order valence-electron chi connectivity index (χ3n) is 2.41. The Morgan fingerprint density at radius 3 is 2.59 bits per heavy atom. The number of aromatic nitrogens is 2. The lowest BCUT2D eigenvalue weighted by Crippen LogP contribution is -1.99. The molecule has 0 fully saturated rings. The van der Waals surface area contributed by atoms with Gasteiger partial charge in [-0.25, -0.2) is 9.97 Å². The van der Waals surface area contributed by atoms with Crippen LogP contribution >= 0.6 is 0 Å². The maximum absolute atomic E-state index is 5.12. The van der Waals surface area contributed by atoms with Crippen LogP contribution < -0.4 is 10.1 Å². The number of hydrogen-bond acceptors (Lipinski definition) is 4. The van der Waals surface area contributed by atoms with Crippen LogP contribution in [0.5, 0.6) is 5.75 Å². The van der Waals surface area contributed by atoms with Crippen LogP contribution in [0.2, 0.25) is 0 Å². The highest BCUT2D eigenvalue weighted by Gasteiger charge is 2.01. The Labute approximate surface area is 101 Å². The summed E-state index contributed by atoms with van der Waals surface area (Å²) in [5.41, 5.74) is 1.95. The summed E-state index contributed by atoms with van der Waals surface area (Å²) in [4.78, 5) is 8.40. The van der Waals surface area contributed by atoms with Crippen LogP contribution in [0, 0.1) is 0 Å². The van der Waals surface area contributed by atoms with Gasteiger partial charge in [-0.1, -0.05) is 0 Å². The van der Waals surface area contributed by atoms with E-state index in [1.807, 2.05) is 37.3 Å². The largest absolute Gasteiger partial charge is 0.497 e. The molecule has 0 aliphatic carbocycles. The summed E-state index contributed by atoms with van der Waals surface area (Å²) < 4.78 is 5.12. The lowest BCUT2D eigenvalue weighted by atomic mass is 10.1. The highest BCUT2D eigenvalue weighted by Crippen LogP contribution is 2.21. The average molecular weight is 229 g/mol. The van der Waals surface area contributed by atoms with Gasteiger partial charge in [0.1, 0.15) is 17.9 Å². The van der Waals surface area contributed by atoms with E-state index in [2.05, 4.69) is 15.3 Å². The van der Waals surface area contributed by atoms with E-state index < -0.39 is 0 Å². The molecule has 1 heterocycles. The predicted molar refractivity (Wildman–Crippen MR) is 68.2 cm³/mol. The van der Waals surface area contributed by atoms with Crippen molar-refractivity contribution in [3.05, 3.63) is 36.7 Å². The molecule has 0 spiro atoms. The molecule has 0 saturated carbocycles. The molecular weight excluding hydrogens is 214 g/mol. The lowest BCUT2D eigenvalue weighted by Gasteiger charge is -2.05. The molecular formula is C13H15N3O. The minimum atomic E-state index is 0.841. The van der Waals surface area contributed by atoms with E-state index in [9.17, 15) is 0 Å². The number of hydrogen-bond donors (Lipinski definition) is 1. The second kappa shape index (κ2) is 5.30. The summed E-state index contributed by atoms with van der Waals surface area (Å²) in [5, 5.41) is 3.16. The van der Waals surface area contributed by atoms with E-state index in [0.29, 0.717) is 0 Å². The normalized spacial score (nSPS) is 10.0. The van der Waals surface area contributed by atoms with Gasteiger partial charge < -0.3 is 10.1 Å². The first-order valence-electron chi connectivity index (χ1n) is 5.54. The quantitative estimate of drug-likeness (QED) is 0.875. The molecule has 0 saturated heterocycles. The summed E-state index contributed by atoms with van der Waals surface area (Å²) in [6.45, 7) is 2.88. The first-order valence-corrected chi connectivity index (χ1v) is 5.54. The summed E-state index contributed by atoms with van der Waals surface area (Å²) in [5.74, 6) is 1.68. The number of nitrogens with zero attached hydrogens (tertiary/aromatic N) is 2. The van der Waals surface area contributed by atoms with E-state index >= 15 is 0 Å². The Morgan fingerprint density at radius 1 is 1.18 bits per heavy atom. The fraction of sp³-hybridized carbons (Fsp3) is 0.231. The topological polar surface area (TPSA) is 47.0 Å². The summed E-state index contributed by atoms with van der Waals surface area (Å²) >= 11 is 0. The van der Waals surface area contributed by atoms with Gasteiger partial charge in [-0.15, -0.1) is 0 Å². The van der Waals surface area contributed by atoms with Gasteiger partial charge in [0, 0.05) is 18.2 Å². The maximum atomic E-state index is 5.12. The number of anilines is 1. The fourth-order valence-corrected chi connectivity index (χ4v) is 1.55. The Hall–Kier alpha value is -2.10. The first kappa shape index (κ1) is 11.4. The molecule has 2 rings (SSSR count). The van der Waals surface area contributed by atoms with Crippen LogP contribution in [0.15, 0.2) is 36.7 Å². The summed E-state index contributed by atoms with van der Waals surface area (Å²) in [6, 6.07) is 9.74. The van der Waals surface area contributed by atoms with Crippen LogP contribution in [0.1, 0.15) is 6.92 Å². The Morgan fingerprint density at radius 2 is 1.94 bits per heavy atom. The van der Waals surface area contributed by atoms with Crippen LogP contribution in [0.4, 0.5) is 5.82 Å². The molecule has 0 amide bonds. The van der Waals surface area contributed by atoms with Crippen molar-refractivity contribution in [2.75, 3.05) is 19.0 Å². The zero-order valence-corrected chi connectivity index (χ0v) is 9.97. The van der Waals surface area contributed by atoms with Gasteiger partial charge in [0.15, 0.2) is 0 Å². The molecule has 2 aromatic rings. The van der Waals surface area contributed by atoms with E-state index in [0.717, 1.165) is 29.4 Å². The second-order valence-corrected chi connectivity index (χ2v) is 3.55. The van der Waals surface area contributed by atoms with E-state index in [1.165, 1.54) is 0 Å². The average Bonchev–Trinajstić information content (AvgIpc) is 2.40. The molecule has 17 heavy (non-hydrogen) atoms. The monoisotopic (exact) mass is 229 g/mol. The Kier molecular flexibility index (Phi) is 3.55. The standard InChI is InChI=1S/C13H15N3O/c1-3-14-13-8-12(15-9-16-13)10-4-6-11(17-2)7-5-10/h4-9H,3H2,1-2H3,(H,14,15,16). The van der Waals surface area contributed by atoms with Crippen molar-refractivity contribution in [1.82, 2.24) is 9.97 Å². The molecule has 88 valence electrons. The second-order valence-electron chi connectivity index (χ2n) is 3.55. The number of nitrogens with one attached hydrogen (secondary N) is 1. The van der Waals surface area contributed by atoms with E-state index in [-0.39, 0.29) is 0 Å². The van der Waals surface area contributed by atoms with Gasteiger partial charge in [-0.05, 0) is 31.2 Å². The molecule has 0 radical (unpaired) electrons. The van der Waals surface area contributed by atoms with Gasteiger partial charge in [0.05, 0.1) is 12.8 Å². The zero-order chi connectivity index (χ0) is 12.1. The van der Waals surface area contributed by atoms with Gasteiger partial charge >= 0.3 is 0 Å². The van der Waals surface area contributed by atoms with Crippen molar-refractivity contribution in [2.45, 2.75) is 6.92 Å². The van der Waals surface area contributed by atoms with Gasteiger partial charge in [-0.3, -0.25) is 0 Å². The molecule has 0 aliphatic heterocycles. The SMILES string of the molecule is CCNc1cc(-c2ccc(OC)cc2)ncn1. The van der Waals surface area contributed by atoms with Gasteiger partial charge in [0.2, 0.25) is 0 Å². The van der Waals surface area contributed by atoms with Crippen molar-refractivity contribution in [3.63, 3.8) is 0 Å². The predicted octanol–water partition coefficient (Wildman–Crippen LogP) is 2.58. The molecule has 0 atom stereocenters. The lowest BCUT2D eigenvalue weighted by molar-refractivity contribution is 0.415. The Balaban J connectivity index is 2.28. The highest BCUT2D eigenvalue weighted by molar-refractivity contribution is 5.62. The van der Waals surface area contributed by atoms with E-state index in [1.54, 1.807) is 13.4 Å². The number of ether oxygens (including phenoxy) is 1. The molecule has 4 heteroatoms. The van der Waals surface area contributed by atoms with Gasteiger partial charge in [-0.2, -0.15) is 0 Å². The third kappa shape index (κ3) is 2.72. The highest BCUT2D eigenvalue weighted by atomic mass is 16.5. The fourth-order valence-electron chi connectivity index (χ4n) is 1.55. The minimum absolute atomic E-state index is 0.841. The number of rotatable bonds is 4. The first-order chi connectivity index (χ1) is 8.33. The summed E-state index contributed by atoms with van der Waals surface area (Å²) in [7, 11) is 1.66.